The molecular formula is C13H9F2N3. The van der Waals surface area contributed by atoms with Crippen LogP contribution < -0.4 is 11.1 Å². The van der Waals surface area contributed by atoms with Gasteiger partial charge in [0, 0.05) is 0 Å². The molecule has 0 unspecified atom stereocenters. The summed E-state index contributed by atoms with van der Waals surface area (Å²) >= 11 is 0. The van der Waals surface area contributed by atoms with Crippen LogP contribution in [0, 0.1) is 23.0 Å². The highest BCUT2D eigenvalue weighted by Gasteiger charge is 2.08. The number of benzene rings is 2. The van der Waals surface area contributed by atoms with Crippen molar-refractivity contribution in [1.29, 1.82) is 5.26 Å². The van der Waals surface area contributed by atoms with Crippen LogP contribution in [0.25, 0.3) is 0 Å². The third-order valence-electron chi connectivity index (χ3n) is 2.42. The van der Waals surface area contributed by atoms with Crippen molar-refractivity contribution in [2.75, 3.05) is 11.1 Å². The SMILES string of the molecule is N#Cc1cc(F)ccc1Nc1cccc(F)c1N. The van der Waals surface area contributed by atoms with E-state index in [0.717, 1.165) is 6.07 Å². The number of rotatable bonds is 2. The van der Waals surface area contributed by atoms with Crippen molar-refractivity contribution in [3.8, 4) is 6.07 Å². The van der Waals surface area contributed by atoms with Gasteiger partial charge in [-0.1, -0.05) is 6.07 Å². The summed E-state index contributed by atoms with van der Waals surface area (Å²) in [5.74, 6) is -1.06. The minimum absolute atomic E-state index is 0.0503. The Labute approximate surface area is 102 Å². The Morgan fingerprint density at radius 2 is 1.89 bits per heavy atom. The maximum atomic E-state index is 13.2. The first-order chi connectivity index (χ1) is 8.61. The number of nitriles is 1. The van der Waals surface area contributed by atoms with Crippen LogP contribution in [0.15, 0.2) is 36.4 Å². The Kier molecular flexibility index (Phi) is 3.11. The van der Waals surface area contributed by atoms with Crippen molar-refractivity contribution in [2.45, 2.75) is 0 Å². The molecule has 18 heavy (non-hydrogen) atoms. The van der Waals surface area contributed by atoms with Gasteiger partial charge in [0.15, 0.2) is 0 Å². The molecule has 0 aliphatic rings. The van der Waals surface area contributed by atoms with Gasteiger partial charge in [0.2, 0.25) is 0 Å². The van der Waals surface area contributed by atoms with Crippen LogP contribution in [0.2, 0.25) is 0 Å². The highest BCUT2D eigenvalue weighted by molar-refractivity contribution is 5.75. The van der Waals surface area contributed by atoms with E-state index in [9.17, 15) is 8.78 Å². The van der Waals surface area contributed by atoms with Crippen LogP contribution in [0.4, 0.5) is 25.8 Å². The van der Waals surface area contributed by atoms with Crippen LogP contribution in [0.3, 0.4) is 0 Å². The second kappa shape index (κ2) is 4.72. The molecule has 0 aliphatic heterocycles. The molecule has 2 rings (SSSR count). The largest absolute Gasteiger partial charge is 0.395 e. The summed E-state index contributed by atoms with van der Waals surface area (Å²) in [5, 5.41) is 11.7. The molecule has 0 radical (unpaired) electrons. The first-order valence-electron chi connectivity index (χ1n) is 5.12. The summed E-state index contributed by atoms with van der Waals surface area (Å²) in [6.45, 7) is 0. The molecule has 0 saturated heterocycles. The Balaban J connectivity index is 2.41. The minimum atomic E-state index is -0.555. The van der Waals surface area contributed by atoms with E-state index in [2.05, 4.69) is 5.32 Å². The molecule has 0 amide bonds. The molecule has 90 valence electrons. The molecule has 0 spiro atoms. The maximum absolute atomic E-state index is 13.2. The number of nitrogens with one attached hydrogen (secondary N) is 1. The van der Waals surface area contributed by atoms with Gasteiger partial charge >= 0.3 is 0 Å². The lowest BCUT2D eigenvalue weighted by Gasteiger charge is -2.11. The smallest absolute Gasteiger partial charge is 0.148 e. The topological polar surface area (TPSA) is 61.8 Å². The van der Waals surface area contributed by atoms with Gasteiger partial charge < -0.3 is 11.1 Å². The molecular weight excluding hydrogens is 236 g/mol. The van der Waals surface area contributed by atoms with Gasteiger partial charge in [-0.25, -0.2) is 8.78 Å². The highest BCUT2D eigenvalue weighted by Crippen LogP contribution is 2.27. The summed E-state index contributed by atoms with van der Waals surface area (Å²) in [5.41, 5.74) is 6.33. The van der Waals surface area contributed by atoms with E-state index in [1.165, 1.54) is 24.3 Å². The van der Waals surface area contributed by atoms with Crippen LogP contribution in [0.5, 0.6) is 0 Å². The van der Waals surface area contributed by atoms with E-state index in [4.69, 9.17) is 11.0 Å². The van der Waals surface area contributed by atoms with Crippen molar-refractivity contribution in [2.24, 2.45) is 0 Å². The van der Waals surface area contributed by atoms with E-state index in [1.807, 2.05) is 6.07 Å². The van der Waals surface area contributed by atoms with E-state index in [1.54, 1.807) is 6.07 Å². The molecule has 5 heteroatoms. The zero-order valence-electron chi connectivity index (χ0n) is 9.24. The number of nitrogens with zero attached hydrogens (tertiary/aromatic N) is 1. The van der Waals surface area contributed by atoms with Crippen molar-refractivity contribution < 1.29 is 8.78 Å². The molecule has 0 heterocycles. The molecule has 0 saturated carbocycles. The standard InChI is InChI=1S/C13H9F2N3/c14-9-4-5-11(8(6-9)7-16)18-12-3-1-2-10(15)13(12)17/h1-6,18H,17H2. The first kappa shape index (κ1) is 11.9. The summed E-state index contributed by atoms with van der Waals surface area (Å²) in [4.78, 5) is 0. The maximum Gasteiger partial charge on any atom is 0.148 e. The number of para-hydroxylation sites is 1. The predicted octanol–water partition coefficient (Wildman–Crippen LogP) is 3.16. The fourth-order valence-electron chi connectivity index (χ4n) is 1.51. The van der Waals surface area contributed by atoms with Crippen molar-refractivity contribution in [3.05, 3.63) is 53.6 Å². The zero-order valence-corrected chi connectivity index (χ0v) is 9.24. The third kappa shape index (κ3) is 2.23. The highest BCUT2D eigenvalue weighted by atomic mass is 19.1. The fourth-order valence-corrected chi connectivity index (χ4v) is 1.51. The molecule has 0 bridgehead atoms. The molecule has 2 aromatic rings. The Morgan fingerprint density at radius 1 is 1.11 bits per heavy atom. The van der Waals surface area contributed by atoms with Gasteiger partial charge in [-0.05, 0) is 30.3 Å². The van der Waals surface area contributed by atoms with Gasteiger partial charge in [0.25, 0.3) is 0 Å². The lowest BCUT2D eigenvalue weighted by molar-refractivity contribution is 0.627. The summed E-state index contributed by atoms with van der Waals surface area (Å²) in [7, 11) is 0. The lowest BCUT2D eigenvalue weighted by atomic mass is 10.1. The Morgan fingerprint density at radius 3 is 2.61 bits per heavy atom. The Hall–Kier alpha value is -2.61. The average Bonchev–Trinajstić information content (AvgIpc) is 2.37. The number of hydrogen-bond acceptors (Lipinski definition) is 3. The number of nitrogens with two attached hydrogens (primary N) is 1. The van der Waals surface area contributed by atoms with E-state index < -0.39 is 11.6 Å². The zero-order chi connectivity index (χ0) is 13.1. The second-order valence-corrected chi connectivity index (χ2v) is 3.63. The molecule has 0 atom stereocenters. The average molecular weight is 245 g/mol. The van der Waals surface area contributed by atoms with Gasteiger partial charge in [0.1, 0.15) is 17.7 Å². The van der Waals surface area contributed by atoms with Gasteiger partial charge in [0.05, 0.1) is 22.6 Å². The van der Waals surface area contributed by atoms with E-state index in [0.29, 0.717) is 11.4 Å². The van der Waals surface area contributed by atoms with Crippen molar-refractivity contribution in [3.63, 3.8) is 0 Å². The molecule has 2 aromatic carbocycles. The minimum Gasteiger partial charge on any atom is -0.395 e. The third-order valence-corrected chi connectivity index (χ3v) is 2.42. The van der Waals surface area contributed by atoms with Crippen LogP contribution in [-0.2, 0) is 0 Å². The van der Waals surface area contributed by atoms with E-state index >= 15 is 0 Å². The molecule has 0 fully saturated rings. The van der Waals surface area contributed by atoms with Crippen LogP contribution in [-0.4, -0.2) is 0 Å². The predicted molar refractivity (Wildman–Crippen MR) is 65.2 cm³/mol. The van der Waals surface area contributed by atoms with Crippen LogP contribution in [0.1, 0.15) is 5.56 Å². The monoisotopic (exact) mass is 245 g/mol. The quantitative estimate of drug-likeness (QED) is 0.799. The van der Waals surface area contributed by atoms with Crippen LogP contribution >= 0.6 is 0 Å². The fraction of sp³-hybridized carbons (Fsp3) is 0. The summed E-state index contributed by atoms with van der Waals surface area (Å²) < 4.78 is 26.2. The second-order valence-electron chi connectivity index (χ2n) is 3.63. The molecule has 3 N–H and O–H groups in total. The summed E-state index contributed by atoms with van der Waals surface area (Å²) in [6, 6.07) is 9.85. The van der Waals surface area contributed by atoms with Gasteiger partial charge in [-0.15, -0.1) is 0 Å². The first-order valence-corrected chi connectivity index (χ1v) is 5.12. The number of halogens is 2. The number of hydrogen-bond donors (Lipinski definition) is 2. The van der Waals surface area contributed by atoms with Gasteiger partial charge in [-0.2, -0.15) is 5.26 Å². The lowest BCUT2D eigenvalue weighted by Crippen LogP contribution is -2.00. The number of anilines is 3. The molecule has 3 nitrogen and oxygen atoms in total. The number of nitrogen functional groups attached to an aromatic ring is 1. The van der Waals surface area contributed by atoms with E-state index in [-0.39, 0.29) is 11.3 Å². The summed E-state index contributed by atoms with van der Waals surface area (Å²) in [6.07, 6.45) is 0. The Bertz CT molecular complexity index is 633. The molecule has 0 aromatic heterocycles. The van der Waals surface area contributed by atoms with Gasteiger partial charge in [-0.3, -0.25) is 0 Å². The van der Waals surface area contributed by atoms with Crippen molar-refractivity contribution >= 4 is 17.1 Å². The van der Waals surface area contributed by atoms with Crippen molar-refractivity contribution in [1.82, 2.24) is 0 Å². The normalized spacial score (nSPS) is 9.83. The molecule has 0 aliphatic carbocycles.